The minimum atomic E-state index is 0.480. The van der Waals surface area contributed by atoms with Gasteiger partial charge in [-0.1, -0.05) is 34.8 Å². The van der Waals surface area contributed by atoms with Crippen molar-refractivity contribution in [3.63, 3.8) is 0 Å². The number of benzene rings is 2. The fourth-order valence-electron chi connectivity index (χ4n) is 3.13. The highest BCUT2D eigenvalue weighted by molar-refractivity contribution is 6.42. The molecule has 2 N–H and O–H groups in total. The third-order valence-electron chi connectivity index (χ3n) is 4.39. The van der Waals surface area contributed by atoms with Crippen molar-refractivity contribution in [2.24, 2.45) is 0 Å². The zero-order valence-electron chi connectivity index (χ0n) is 14.5. The standard InChI is InChI=1S/C19H17Cl3N4O/c1-27-6-2-5-26-18-10-15(22)14(21)9-17(18)25-19(26)24-11-7-13(20)12-3-4-23-16(12)8-11/h3-4,7-10,23H,2,5-6H2,1H3,(H,24,25). The molecule has 0 unspecified atom stereocenters. The molecule has 2 aromatic carbocycles. The van der Waals surface area contributed by atoms with E-state index in [9.17, 15) is 0 Å². The quantitative estimate of drug-likeness (QED) is 0.360. The molecule has 0 aliphatic heterocycles. The van der Waals surface area contributed by atoms with Crippen LogP contribution in [-0.2, 0) is 11.3 Å². The number of rotatable bonds is 6. The summed E-state index contributed by atoms with van der Waals surface area (Å²) < 4.78 is 7.26. The molecule has 5 nitrogen and oxygen atoms in total. The minimum absolute atomic E-state index is 0.480. The van der Waals surface area contributed by atoms with E-state index in [1.807, 2.05) is 30.5 Å². The zero-order chi connectivity index (χ0) is 19.0. The summed E-state index contributed by atoms with van der Waals surface area (Å²) in [5.74, 6) is 0.696. The Labute approximate surface area is 171 Å². The molecule has 27 heavy (non-hydrogen) atoms. The van der Waals surface area contributed by atoms with Crippen LogP contribution in [0.3, 0.4) is 0 Å². The van der Waals surface area contributed by atoms with Gasteiger partial charge in [0.05, 0.1) is 26.1 Å². The Morgan fingerprint density at radius 3 is 2.74 bits per heavy atom. The first-order valence-corrected chi connectivity index (χ1v) is 9.58. The first-order chi connectivity index (χ1) is 13.1. The van der Waals surface area contributed by atoms with Gasteiger partial charge in [0.15, 0.2) is 0 Å². The van der Waals surface area contributed by atoms with Crippen molar-refractivity contribution in [3.8, 4) is 0 Å². The smallest absolute Gasteiger partial charge is 0.208 e. The van der Waals surface area contributed by atoms with E-state index in [4.69, 9.17) is 44.5 Å². The van der Waals surface area contributed by atoms with Crippen molar-refractivity contribution >= 4 is 68.4 Å². The summed E-state index contributed by atoms with van der Waals surface area (Å²) in [6, 6.07) is 9.45. The topological polar surface area (TPSA) is 54.9 Å². The van der Waals surface area contributed by atoms with Crippen LogP contribution in [0.15, 0.2) is 36.5 Å². The number of ether oxygens (including phenoxy) is 1. The van der Waals surface area contributed by atoms with E-state index in [1.165, 1.54) is 0 Å². The molecule has 2 aromatic heterocycles. The van der Waals surface area contributed by atoms with Gasteiger partial charge in [0.25, 0.3) is 0 Å². The number of imidazole rings is 1. The Morgan fingerprint density at radius 2 is 1.93 bits per heavy atom. The second kappa shape index (κ2) is 7.60. The van der Waals surface area contributed by atoms with E-state index < -0.39 is 0 Å². The highest BCUT2D eigenvalue weighted by atomic mass is 35.5. The molecule has 140 valence electrons. The summed E-state index contributed by atoms with van der Waals surface area (Å²) in [5, 5.41) is 6.00. The number of hydrogen-bond donors (Lipinski definition) is 2. The maximum absolute atomic E-state index is 6.39. The second-order valence-corrected chi connectivity index (χ2v) is 7.43. The molecule has 0 saturated carbocycles. The molecule has 8 heteroatoms. The predicted octanol–water partition coefficient (Wildman–Crippen LogP) is 6.26. The van der Waals surface area contributed by atoms with Crippen LogP contribution in [-0.4, -0.2) is 28.3 Å². The molecular weight excluding hydrogens is 407 g/mol. The van der Waals surface area contributed by atoms with Gasteiger partial charge < -0.3 is 19.6 Å². The van der Waals surface area contributed by atoms with Gasteiger partial charge in [0.1, 0.15) is 0 Å². The second-order valence-electron chi connectivity index (χ2n) is 6.21. The van der Waals surface area contributed by atoms with Crippen LogP contribution >= 0.6 is 34.8 Å². The SMILES string of the molecule is COCCCn1c(Nc2cc(Cl)c3cc[nH]c3c2)nc2cc(Cl)c(Cl)cc21. The number of nitrogens with one attached hydrogen (secondary N) is 2. The number of aromatic amines is 1. The lowest BCUT2D eigenvalue weighted by atomic mass is 10.2. The third-order valence-corrected chi connectivity index (χ3v) is 5.43. The Kier molecular flexibility index (Phi) is 5.19. The third kappa shape index (κ3) is 3.60. The van der Waals surface area contributed by atoms with Gasteiger partial charge >= 0.3 is 0 Å². The molecule has 2 heterocycles. The van der Waals surface area contributed by atoms with E-state index in [-0.39, 0.29) is 0 Å². The highest BCUT2D eigenvalue weighted by Crippen LogP contribution is 2.32. The van der Waals surface area contributed by atoms with Gasteiger partial charge in [-0.25, -0.2) is 4.98 Å². The zero-order valence-corrected chi connectivity index (χ0v) is 16.8. The van der Waals surface area contributed by atoms with Gasteiger partial charge in [-0.3, -0.25) is 0 Å². The molecule has 0 amide bonds. The Morgan fingerprint density at radius 1 is 1.11 bits per heavy atom. The predicted molar refractivity (Wildman–Crippen MR) is 113 cm³/mol. The van der Waals surface area contributed by atoms with Crippen molar-refractivity contribution in [2.75, 3.05) is 19.0 Å². The van der Waals surface area contributed by atoms with Crippen LogP contribution in [0.4, 0.5) is 11.6 Å². The average molecular weight is 424 g/mol. The Balaban J connectivity index is 1.77. The number of aromatic nitrogens is 3. The molecule has 0 aliphatic carbocycles. The Bertz CT molecular complexity index is 1120. The van der Waals surface area contributed by atoms with Crippen molar-refractivity contribution in [1.29, 1.82) is 0 Å². The molecule has 4 aromatic rings. The summed E-state index contributed by atoms with van der Waals surface area (Å²) in [7, 11) is 1.69. The van der Waals surface area contributed by atoms with Crippen LogP contribution in [0.25, 0.3) is 21.9 Å². The lowest BCUT2D eigenvalue weighted by Crippen LogP contribution is -2.06. The molecule has 0 saturated heterocycles. The maximum atomic E-state index is 6.39. The summed E-state index contributed by atoms with van der Waals surface area (Å²) in [6.45, 7) is 1.38. The van der Waals surface area contributed by atoms with Crippen molar-refractivity contribution < 1.29 is 4.74 Å². The number of anilines is 2. The maximum Gasteiger partial charge on any atom is 0.208 e. The number of H-pyrrole nitrogens is 1. The summed E-state index contributed by atoms with van der Waals surface area (Å²) in [4.78, 5) is 7.88. The van der Waals surface area contributed by atoms with E-state index >= 15 is 0 Å². The molecule has 0 bridgehead atoms. The first-order valence-electron chi connectivity index (χ1n) is 8.44. The molecule has 0 spiro atoms. The number of aryl methyl sites for hydroxylation is 1. The normalized spacial score (nSPS) is 11.6. The van der Waals surface area contributed by atoms with Crippen molar-refractivity contribution in [3.05, 3.63) is 51.6 Å². The molecule has 0 fully saturated rings. The number of nitrogens with zero attached hydrogens (tertiary/aromatic N) is 2. The largest absolute Gasteiger partial charge is 0.385 e. The van der Waals surface area contributed by atoms with Crippen LogP contribution in [0.5, 0.6) is 0 Å². The number of methoxy groups -OCH3 is 1. The first kappa shape index (κ1) is 18.4. The van der Waals surface area contributed by atoms with Crippen LogP contribution in [0.2, 0.25) is 15.1 Å². The molecule has 0 atom stereocenters. The number of hydrogen-bond acceptors (Lipinski definition) is 3. The van der Waals surface area contributed by atoms with Gasteiger partial charge in [-0.2, -0.15) is 0 Å². The molecule has 0 radical (unpaired) electrons. The summed E-state index contributed by atoms with van der Waals surface area (Å²) in [6.07, 6.45) is 2.71. The fourth-order valence-corrected chi connectivity index (χ4v) is 3.73. The van der Waals surface area contributed by atoms with Gasteiger partial charge in [-0.05, 0) is 36.8 Å². The summed E-state index contributed by atoms with van der Waals surface area (Å²) >= 11 is 18.8. The lowest BCUT2D eigenvalue weighted by Gasteiger charge is -2.11. The van der Waals surface area contributed by atoms with Crippen LogP contribution in [0, 0.1) is 0 Å². The van der Waals surface area contributed by atoms with Crippen LogP contribution < -0.4 is 5.32 Å². The molecule has 4 rings (SSSR count). The summed E-state index contributed by atoms with van der Waals surface area (Å²) in [5.41, 5.74) is 3.49. The van der Waals surface area contributed by atoms with E-state index in [2.05, 4.69) is 14.9 Å². The number of halogens is 3. The van der Waals surface area contributed by atoms with Gasteiger partial charge in [0, 0.05) is 43.0 Å². The molecular formula is C19H17Cl3N4O. The Hall–Kier alpha value is -1.92. The van der Waals surface area contributed by atoms with E-state index in [0.717, 1.165) is 40.6 Å². The average Bonchev–Trinajstić information content (AvgIpc) is 3.22. The fraction of sp³-hybridized carbons (Fsp3) is 0.211. The number of fused-ring (bicyclic) bond motifs is 2. The van der Waals surface area contributed by atoms with E-state index in [1.54, 1.807) is 13.2 Å². The highest BCUT2D eigenvalue weighted by Gasteiger charge is 2.14. The van der Waals surface area contributed by atoms with Gasteiger partial charge in [-0.15, -0.1) is 0 Å². The minimum Gasteiger partial charge on any atom is -0.385 e. The van der Waals surface area contributed by atoms with Crippen molar-refractivity contribution in [2.45, 2.75) is 13.0 Å². The lowest BCUT2D eigenvalue weighted by molar-refractivity contribution is 0.191. The van der Waals surface area contributed by atoms with E-state index in [0.29, 0.717) is 27.6 Å². The van der Waals surface area contributed by atoms with Crippen LogP contribution in [0.1, 0.15) is 6.42 Å². The monoisotopic (exact) mass is 422 g/mol. The molecule has 0 aliphatic rings. The van der Waals surface area contributed by atoms with Gasteiger partial charge in [0.2, 0.25) is 5.95 Å². The van der Waals surface area contributed by atoms with Crippen molar-refractivity contribution in [1.82, 2.24) is 14.5 Å².